The van der Waals surface area contributed by atoms with Crippen molar-refractivity contribution in [2.45, 2.75) is 311 Å². The van der Waals surface area contributed by atoms with Crippen LogP contribution < -0.4 is 16.0 Å². The number of amides is 3. The summed E-state index contributed by atoms with van der Waals surface area (Å²) >= 11 is -0.228. The second kappa shape index (κ2) is 54.2. The van der Waals surface area contributed by atoms with Crippen molar-refractivity contribution in [1.29, 1.82) is 0 Å². The first kappa shape index (κ1) is 107. The number of aliphatic hydroxyl groups is 3. The molecule has 5 rings (SSSR count). The molecule has 0 unspecified atom stereocenters. The van der Waals surface area contributed by atoms with Crippen LogP contribution in [-0.2, 0) is 43.0 Å². The Labute approximate surface area is 737 Å². The summed E-state index contributed by atoms with van der Waals surface area (Å²) in [7, 11) is 0. The van der Waals surface area contributed by atoms with E-state index in [0.29, 0.717) is 5.92 Å². The molecule has 0 spiro atoms. The number of ether oxygens (including phenoxy) is 3. The van der Waals surface area contributed by atoms with E-state index in [2.05, 4.69) is 214 Å². The summed E-state index contributed by atoms with van der Waals surface area (Å²) < 4.78 is 25.8. The molecule has 17 heteroatoms. The fourth-order valence-electron chi connectivity index (χ4n) is 16.6. The molecule has 0 fully saturated rings. The number of unbranched alkanes of at least 4 members (excludes halogenated alkanes) is 3. The Bertz CT molecular complexity index is 3810. The van der Waals surface area contributed by atoms with Gasteiger partial charge in [-0.05, 0) is 118 Å². The van der Waals surface area contributed by atoms with E-state index >= 15 is 0 Å². The molecule has 662 valence electrons. The van der Waals surface area contributed by atoms with E-state index in [4.69, 9.17) is 14.2 Å². The van der Waals surface area contributed by atoms with Crippen LogP contribution in [0.3, 0.4) is 0 Å². The first-order valence-electron chi connectivity index (χ1n) is 44.3. The molecule has 5 aliphatic rings. The van der Waals surface area contributed by atoms with Crippen molar-refractivity contribution >= 4 is 76.6 Å². The number of halogens is 1. The Balaban J connectivity index is 0.000000471. The van der Waals surface area contributed by atoms with Gasteiger partial charge >= 0.3 is 236 Å². The molecule has 0 saturated heterocycles. The summed E-state index contributed by atoms with van der Waals surface area (Å²) in [6.07, 6.45) is 69.7. The molecule has 119 heavy (non-hydrogen) atoms. The molecule has 0 radical (unpaired) electrons. The van der Waals surface area contributed by atoms with E-state index < -0.39 is 109 Å². The van der Waals surface area contributed by atoms with Gasteiger partial charge in [-0.2, -0.15) is 0 Å². The van der Waals surface area contributed by atoms with E-state index in [9.17, 15) is 44.1 Å². The van der Waals surface area contributed by atoms with Crippen molar-refractivity contribution in [2.24, 2.45) is 69.5 Å². The van der Waals surface area contributed by atoms with Gasteiger partial charge in [-0.15, -0.1) is 0 Å². The second-order valence-corrected chi connectivity index (χ2v) is 50.6. The first-order chi connectivity index (χ1) is 56.0. The molecule has 2 aliphatic heterocycles. The van der Waals surface area contributed by atoms with E-state index in [1.807, 2.05) is 99.6 Å². The number of allylic oxidation sites excluding steroid dienone is 29. The molecule has 0 aromatic carbocycles. The Morgan fingerprint density at radius 3 is 1.56 bits per heavy atom. The molecule has 15 nitrogen and oxygen atoms in total. The van der Waals surface area contributed by atoms with Crippen LogP contribution in [0.15, 0.2) is 212 Å². The topological polar surface area (TPSA) is 227 Å². The van der Waals surface area contributed by atoms with Gasteiger partial charge in [-0.1, -0.05) is 185 Å². The van der Waals surface area contributed by atoms with Crippen molar-refractivity contribution in [3.8, 4) is 0 Å². The molecule has 0 saturated carbocycles. The maximum atomic E-state index is 12.7. The van der Waals surface area contributed by atoms with Crippen molar-refractivity contribution in [3.05, 3.63) is 212 Å². The van der Waals surface area contributed by atoms with Gasteiger partial charge in [0.05, 0.1) is 30.3 Å². The summed E-state index contributed by atoms with van der Waals surface area (Å²) in [6, 6.07) is -1.38. The molecule has 2 heterocycles. The molecule has 3 amide bonds. The van der Waals surface area contributed by atoms with Crippen LogP contribution >= 0.6 is 22.6 Å². The third-order valence-corrected chi connectivity index (χ3v) is 39.0. The number of carbonyl (C=O) groups excluding carboxylic acids is 6. The van der Waals surface area contributed by atoms with Gasteiger partial charge in [0.25, 0.3) is 0 Å². The number of carbonyl (C=O) groups is 6. The summed E-state index contributed by atoms with van der Waals surface area (Å²) in [5.74, 6) is -2.95. The van der Waals surface area contributed by atoms with Crippen LogP contribution in [0.2, 0.25) is 13.3 Å². The van der Waals surface area contributed by atoms with Crippen molar-refractivity contribution in [3.63, 3.8) is 0 Å². The monoisotopic (exact) mass is 1860 g/mol. The standard InChI is InChI=1S/C30H43INO4.2C30H43NO4.3C4H9.Sn/c1-9-30(8)18-11-10-14-26(30)19-20(2)16-17-21(3)28(35)23(5)29(24(6)32-25(7)33)36-27(34)15-12-13-22(4)31;1-20-11-10-13-27(33)35-29(23(4)28(34)24(5)31-25(6)32)22(3)15-14-21(2)19-26-12-8-9-17-30(26,7)18-16-20;1-20-11-10-13-27(33)35-29(24(5)31-25(6)32)23(4)28(34)22(3)15-14-21(2)19-26-12-8-9-17-30(26,7)18-16-20;3*1-3-4-2;/h1,9-10,12-17,19,21,23-24,26,28-29,35H,11,18H2,2-8H3,(H,32,33);2*8,10-16,18-19,22-24,26,28-29,34H,9,17H2,1-7H3,(H,31,32);3*1,3-4H2,2H3;/b9-1?,15-12+,17-16+,20-19+,22-13-;2*13-10+,15-14+,18-16+,20-11-,21-19+;;;;/t21-,23+,24-,26-,28-,29+,30-;22-,23-,24-,26-,28+,29-,30+;22-,23+,24-,26-,28-,29+,30+;;;;/m111..../s1. The average Bonchev–Trinajstić information content (AvgIpc) is 0.810. The van der Waals surface area contributed by atoms with Gasteiger partial charge in [0.1, 0.15) is 12.2 Å². The predicted octanol–water partition coefficient (Wildman–Crippen LogP) is 22.6. The van der Waals surface area contributed by atoms with Crippen LogP contribution in [0.4, 0.5) is 0 Å². The number of fused-ring (bicyclic) bond motifs is 2. The third kappa shape index (κ3) is 38.5. The fraction of sp³-hybridized carbons (Fsp3) is 0.588. The Hall–Kier alpha value is -6.45. The van der Waals surface area contributed by atoms with Gasteiger partial charge in [-0.25, -0.2) is 14.4 Å². The number of nitrogens with one attached hydrogen (secondary N) is 3. The first-order valence-corrected chi connectivity index (χ1v) is 53.1. The Morgan fingerprint density at radius 2 is 1.08 bits per heavy atom. The van der Waals surface area contributed by atoms with Gasteiger partial charge < -0.3 is 40.4 Å². The van der Waals surface area contributed by atoms with Crippen molar-refractivity contribution < 1.29 is 58.3 Å². The quantitative estimate of drug-likeness (QED) is 0.00818. The fourth-order valence-corrected chi connectivity index (χ4v) is 31.5. The van der Waals surface area contributed by atoms with E-state index in [1.165, 1.54) is 96.4 Å². The summed E-state index contributed by atoms with van der Waals surface area (Å²) in [6.45, 7) is 47.5. The normalized spacial score (nSPS) is 31.4. The number of hydrogen-bond donors (Lipinski definition) is 6. The SMILES string of the molecule is CC(=O)N[C@H](C)[C@@H](O)[C@@H](C)[C@@H]1OC(=O)/C=C/C=C(C)\C=C\[C@]2(C)CCC=C[C@@H]2/C=C(C)/C=C/[C@H]1C.CC(=O)N[C@H](C)[C@H]1OC(=O)/C=C/C=C(C)\C=C\[C@]2(C)CCC=C[C@@H]2/C=C(C)/C=C/[C@@H](C)[C@@H](O)[C@@H]1C.CCC[CH2][Sn](/[CH]=C/[C@]1(C)CCC=C[C@@H]1/C=C(C)/C=C/[C@@H](C)[C@@H](O)[C@H](C)[C@H](OC(=O)/C=C/C=C(/C)I)[C@@H](C)NC(C)=O)([CH2]CCC)[CH2]CCC. The molecule has 0 bridgehead atoms. The van der Waals surface area contributed by atoms with Gasteiger partial charge in [-0.3, -0.25) is 14.4 Å². The van der Waals surface area contributed by atoms with E-state index in [0.717, 1.165) is 64.4 Å². The summed E-state index contributed by atoms with van der Waals surface area (Å²) in [5.41, 5.74) is 5.66. The van der Waals surface area contributed by atoms with Crippen LogP contribution in [0.25, 0.3) is 0 Å². The third-order valence-electron chi connectivity index (χ3n) is 24.6. The second-order valence-electron chi connectivity index (χ2n) is 35.9. The van der Waals surface area contributed by atoms with Gasteiger partial charge in [0.2, 0.25) is 17.7 Å². The van der Waals surface area contributed by atoms with Crippen LogP contribution in [0, 0.1) is 69.5 Å². The van der Waals surface area contributed by atoms with Gasteiger partial charge in [0, 0.05) is 74.5 Å². The molecular weight excluding hydrogens is 1700 g/mol. The molecule has 0 aromatic rings. The minimum absolute atomic E-state index is 0.000250. The number of rotatable bonds is 28. The minimum atomic E-state index is -2.40. The molecule has 21 atom stereocenters. The molecular formula is C102H156IN3O12Sn. The predicted molar refractivity (Wildman–Crippen MR) is 506 cm³/mol. The van der Waals surface area contributed by atoms with Crippen LogP contribution in [-0.4, -0.2) is 124 Å². The van der Waals surface area contributed by atoms with Crippen molar-refractivity contribution in [2.75, 3.05) is 0 Å². The zero-order valence-electron chi connectivity index (χ0n) is 77.2. The Kier molecular flexibility index (Phi) is 48.6. The van der Waals surface area contributed by atoms with Crippen LogP contribution in [0.1, 0.15) is 243 Å². The zero-order chi connectivity index (χ0) is 89.4. The number of aliphatic hydroxyl groups excluding tert-OH is 3. The summed E-state index contributed by atoms with van der Waals surface area (Å²) in [5, 5.41) is 41.8. The number of cyclic esters (lactones) is 2. The molecule has 3 aliphatic carbocycles. The molecule has 6 N–H and O–H groups in total. The van der Waals surface area contributed by atoms with Crippen molar-refractivity contribution in [1.82, 2.24) is 16.0 Å². The van der Waals surface area contributed by atoms with Gasteiger partial charge in [0.15, 0.2) is 0 Å². The number of esters is 3. The number of hydrogen-bond acceptors (Lipinski definition) is 12. The Morgan fingerprint density at radius 1 is 0.605 bits per heavy atom. The summed E-state index contributed by atoms with van der Waals surface area (Å²) in [4.78, 5) is 72.9. The zero-order valence-corrected chi connectivity index (χ0v) is 82.2. The van der Waals surface area contributed by atoms with E-state index in [1.54, 1.807) is 32.1 Å². The van der Waals surface area contributed by atoms with Crippen LogP contribution in [0.5, 0.6) is 0 Å². The van der Waals surface area contributed by atoms with E-state index in [-0.39, 0.29) is 63.6 Å². The maximum absolute atomic E-state index is 12.7. The molecule has 0 aromatic heterocycles. The average molecular weight is 1860 g/mol.